The quantitative estimate of drug-likeness (QED) is 0.180. The van der Waals surface area contributed by atoms with Crippen molar-refractivity contribution in [3.8, 4) is 11.4 Å². The smallest absolute Gasteiger partial charge is 0.228 e. The highest BCUT2D eigenvalue weighted by molar-refractivity contribution is 14.0. The van der Waals surface area contributed by atoms with Gasteiger partial charge in [0.2, 0.25) is 11.7 Å². The van der Waals surface area contributed by atoms with Crippen molar-refractivity contribution in [3.63, 3.8) is 0 Å². The Kier molecular flexibility index (Phi) is 11.0. The van der Waals surface area contributed by atoms with Crippen molar-refractivity contribution in [1.29, 1.82) is 0 Å². The topological polar surface area (TPSA) is 66.5 Å². The van der Waals surface area contributed by atoms with Gasteiger partial charge >= 0.3 is 0 Å². The molecule has 0 fully saturated rings. The van der Waals surface area contributed by atoms with Crippen LogP contribution in [0.3, 0.4) is 0 Å². The maximum atomic E-state index is 5.90. The van der Waals surface area contributed by atoms with Crippen LogP contribution in [0.15, 0.2) is 46.4 Å². The molecular formula is C19H27ClIN5O. The molecule has 0 saturated heterocycles. The van der Waals surface area contributed by atoms with E-state index in [4.69, 9.17) is 16.1 Å². The average molecular weight is 504 g/mol. The highest BCUT2D eigenvalue weighted by Crippen LogP contribution is 2.18. The van der Waals surface area contributed by atoms with Crippen LogP contribution < -0.4 is 5.32 Å². The van der Waals surface area contributed by atoms with Gasteiger partial charge in [-0.3, -0.25) is 4.99 Å². The lowest BCUT2D eigenvalue weighted by Gasteiger charge is -2.21. The first-order chi connectivity index (χ1) is 12.6. The highest BCUT2D eigenvalue weighted by Gasteiger charge is 2.09. The Labute approximate surface area is 183 Å². The minimum absolute atomic E-state index is 0. The molecule has 2 rings (SSSR count). The summed E-state index contributed by atoms with van der Waals surface area (Å²) in [6, 6.07) is 7.36. The molecule has 0 atom stereocenters. The number of guanidine groups is 1. The van der Waals surface area contributed by atoms with Crippen molar-refractivity contribution in [2.24, 2.45) is 4.99 Å². The molecule has 0 saturated carbocycles. The van der Waals surface area contributed by atoms with Crippen molar-refractivity contribution in [2.45, 2.75) is 26.2 Å². The fraction of sp³-hybridized carbons (Fsp3) is 0.421. The van der Waals surface area contributed by atoms with Gasteiger partial charge in [-0.1, -0.05) is 22.8 Å². The summed E-state index contributed by atoms with van der Waals surface area (Å²) in [7, 11) is 2.04. The number of allylic oxidation sites excluding steroid dienone is 1. The predicted octanol–water partition coefficient (Wildman–Crippen LogP) is 4.41. The summed E-state index contributed by atoms with van der Waals surface area (Å²) in [5.41, 5.74) is 0.878. The monoisotopic (exact) mass is 503 g/mol. The minimum Gasteiger partial charge on any atom is -0.357 e. The summed E-state index contributed by atoms with van der Waals surface area (Å²) >= 11 is 5.90. The summed E-state index contributed by atoms with van der Waals surface area (Å²) in [5, 5.41) is 8.01. The van der Waals surface area contributed by atoms with E-state index >= 15 is 0 Å². The SMILES string of the molecule is C=CCCCN(C)C(=NCCc1nc(-c2ccc(Cl)cc2)no1)NCC.I. The van der Waals surface area contributed by atoms with Crippen LogP contribution in [0, 0.1) is 0 Å². The van der Waals surface area contributed by atoms with Crippen LogP contribution in [-0.4, -0.2) is 47.7 Å². The Morgan fingerprint density at radius 1 is 1.37 bits per heavy atom. The van der Waals surface area contributed by atoms with Crippen LogP contribution in [0.2, 0.25) is 5.02 Å². The number of benzene rings is 1. The Hall–Kier alpha value is -1.61. The molecule has 0 aliphatic heterocycles. The number of nitrogens with one attached hydrogen (secondary N) is 1. The number of aliphatic imine (C=N–C) groups is 1. The molecule has 1 aromatic heterocycles. The van der Waals surface area contributed by atoms with E-state index in [9.17, 15) is 0 Å². The highest BCUT2D eigenvalue weighted by atomic mass is 127. The second-order valence-electron chi connectivity index (χ2n) is 5.86. The van der Waals surface area contributed by atoms with Crippen LogP contribution in [0.5, 0.6) is 0 Å². The van der Waals surface area contributed by atoms with E-state index in [1.54, 1.807) is 0 Å². The Morgan fingerprint density at radius 2 is 2.11 bits per heavy atom. The van der Waals surface area contributed by atoms with Crippen molar-refractivity contribution in [1.82, 2.24) is 20.4 Å². The normalized spacial score (nSPS) is 11.0. The molecule has 148 valence electrons. The predicted molar refractivity (Wildman–Crippen MR) is 122 cm³/mol. The van der Waals surface area contributed by atoms with Gasteiger partial charge in [0.25, 0.3) is 0 Å². The van der Waals surface area contributed by atoms with Crippen LogP contribution in [0.25, 0.3) is 11.4 Å². The summed E-state index contributed by atoms with van der Waals surface area (Å²) in [5.74, 6) is 2.02. The lowest BCUT2D eigenvalue weighted by atomic mass is 10.2. The second-order valence-corrected chi connectivity index (χ2v) is 6.29. The van der Waals surface area contributed by atoms with Crippen LogP contribution in [0.1, 0.15) is 25.7 Å². The molecule has 0 bridgehead atoms. The van der Waals surface area contributed by atoms with Gasteiger partial charge < -0.3 is 14.7 Å². The molecule has 0 unspecified atom stereocenters. The Balaban J connectivity index is 0.00000364. The van der Waals surface area contributed by atoms with Gasteiger partial charge in [-0.2, -0.15) is 4.98 Å². The van der Waals surface area contributed by atoms with Crippen LogP contribution >= 0.6 is 35.6 Å². The third-order valence-electron chi connectivity index (χ3n) is 3.76. The molecule has 27 heavy (non-hydrogen) atoms. The van der Waals surface area contributed by atoms with E-state index in [2.05, 4.69) is 38.9 Å². The number of rotatable bonds is 9. The molecule has 2 aromatic rings. The van der Waals surface area contributed by atoms with Crippen molar-refractivity contribution in [3.05, 3.63) is 47.8 Å². The minimum atomic E-state index is 0. The molecular weight excluding hydrogens is 477 g/mol. The molecule has 0 amide bonds. The van der Waals surface area contributed by atoms with E-state index in [-0.39, 0.29) is 24.0 Å². The van der Waals surface area contributed by atoms with Gasteiger partial charge in [-0.05, 0) is 44.0 Å². The zero-order chi connectivity index (χ0) is 18.8. The third kappa shape index (κ3) is 7.88. The van der Waals surface area contributed by atoms with E-state index < -0.39 is 0 Å². The lowest BCUT2D eigenvalue weighted by Crippen LogP contribution is -2.39. The Morgan fingerprint density at radius 3 is 2.78 bits per heavy atom. The van der Waals surface area contributed by atoms with Gasteiger partial charge in [0.1, 0.15) is 0 Å². The molecule has 6 nitrogen and oxygen atoms in total. The largest absolute Gasteiger partial charge is 0.357 e. The summed E-state index contributed by atoms with van der Waals surface area (Å²) in [6.07, 6.45) is 4.58. The standard InChI is InChI=1S/C19H26ClN5O.HI/c1-4-6-7-14-25(3)19(21-5-2)22-13-12-17-23-18(24-26-17)15-8-10-16(20)11-9-15;/h4,8-11H,1,5-7,12-14H2,2-3H3,(H,21,22);1H. The average Bonchev–Trinajstić information content (AvgIpc) is 3.10. The van der Waals surface area contributed by atoms with E-state index in [1.807, 2.05) is 37.4 Å². The summed E-state index contributed by atoms with van der Waals surface area (Å²) in [6.45, 7) is 8.15. The second kappa shape index (κ2) is 12.7. The number of halogens is 2. The summed E-state index contributed by atoms with van der Waals surface area (Å²) in [4.78, 5) is 11.2. The van der Waals surface area contributed by atoms with Gasteiger partial charge in [-0.15, -0.1) is 30.6 Å². The number of unbranched alkanes of at least 4 members (excludes halogenated alkanes) is 1. The van der Waals surface area contributed by atoms with Crippen molar-refractivity contribution in [2.75, 3.05) is 26.7 Å². The number of aromatic nitrogens is 2. The molecule has 0 aliphatic rings. The first-order valence-electron chi connectivity index (χ1n) is 8.83. The van der Waals surface area contributed by atoms with Crippen molar-refractivity contribution >= 4 is 41.5 Å². The van der Waals surface area contributed by atoms with Crippen molar-refractivity contribution < 1.29 is 4.52 Å². The molecule has 0 aliphatic carbocycles. The van der Waals surface area contributed by atoms with Gasteiger partial charge in [0, 0.05) is 37.1 Å². The van der Waals surface area contributed by atoms with E-state index in [0.717, 1.165) is 37.5 Å². The zero-order valence-corrected chi connectivity index (χ0v) is 18.9. The molecule has 1 aromatic carbocycles. The molecule has 0 spiro atoms. The van der Waals surface area contributed by atoms with Crippen LogP contribution in [-0.2, 0) is 6.42 Å². The lowest BCUT2D eigenvalue weighted by molar-refractivity contribution is 0.380. The van der Waals surface area contributed by atoms with Gasteiger partial charge in [0.15, 0.2) is 5.96 Å². The maximum absolute atomic E-state index is 5.90. The zero-order valence-electron chi connectivity index (χ0n) is 15.8. The first kappa shape index (κ1) is 23.4. The first-order valence-corrected chi connectivity index (χ1v) is 9.20. The molecule has 1 heterocycles. The Bertz CT molecular complexity index is 717. The van der Waals surface area contributed by atoms with Crippen LogP contribution in [0.4, 0.5) is 0 Å². The van der Waals surface area contributed by atoms with Gasteiger partial charge in [0.05, 0.1) is 6.54 Å². The number of hydrogen-bond acceptors (Lipinski definition) is 4. The van der Waals surface area contributed by atoms with E-state index in [0.29, 0.717) is 29.7 Å². The number of hydrogen-bond donors (Lipinski definition) is 1. The molecule has 8 heteroatoms. The third-order valence-corrected chi connectivity index (χ3v) is 4.01. The fourth-order valence-electron chi connectivity index (χ4n) is 2.38. The van der Waals surface area contributed by atoms with E-state index in [1.165, 1.54) is 0 Å². The molecule has 0 radical (unpaired) electrons. The summed E-state index contributed by atoms with van der Waals surface area (Å²) < 4.78 is 5.32. The maximum Gasteiger partial charge on any atom is 0.228 e. The fourth-order valence-corrected chi connectivity index (χ4v) is 2.50. The number of nitrogens with zero attached hydrogens (tertiary/aromatic N) is 4. The molecule has 1 N–H and O–H groups in total. The van der Waals surface area contributed by atoms with Gasteiger partial charge in [-0.25, -0.2) is 0 Å².